The molecule has 118 valence electrons. The van der Waals surface area contributed by atoms with E-state index in [-0.39, 0.29) is 45.6 Å². The molecule has 1 unspecified atom stereocenters. The molecule has 2 N–H and O–H groups in total. The number of nitrogens with zero attached hydrogens (tertiary/aromatic N) is 1. The molecule has 1 saturated heterocycles. The van der Waals surface area contributed by atoms with Gasteiger partial charge in [-0.15, -0.1) is 17.0 Å². The smallest absolute Gasteiger partial charge is 0.161 e. The molecule has 0 saturated carbocycles. The molecular weight excluding hydrogens is 346 g/mol. The monoisotopic (exact) mass is 365 g/mol. The summed E-state index contributed by atoms with van der Waals surface area (Å²) in [5.41, 5.74) is 1.54. The van der Waals surface area contributed by atoms with Crippen LogP contribution in [-0.2, 0) is 16.6 Å². The van der Waals surface area contributed by atoms with Crippen molar-refractivity contribution in [1.29, 1.82) is 0 Å². The van der Waals surface area contributed by atoms with E-state index in [1.165, 1.54) is 0 Å². The van der Waals surface area contributed by atoms with Gasteiger partial charge in [-0.1, -0.05) is 12.1 Å². The van der Waals surface area contributed by atoms with Crippen LogP contribution in [0, 0.1) is 5.92 Å². The van der Waals surface area contributed by atoms with Crippen molar-refractivity contribution in [1.82, 2.24) is 4.90 Å². The zero-order chi connectivity index (χ0) is 14.8. The Morgan fingerprint density at radius 2 is 2.09 bits per heavy atom. The van der Waals surface area contributed by atoms with Gasteiger partial charge in [0.15, 0.2) is 17.3 Å². The number of likely N-dealkylation sites (tertiary alicyclic amines) is 1. The number of rotatable bonds is 0. The zero-order valence-electron chi connectivity index (χ0n) is 12.5. The second-order valence-corrected chi connectivity index (χ2v) is 6.65. The highest BCUT2D eigenvalue weighted by Gasteiger charge is 2.54. The van der Waals surface area contributed by atoms with E-state index in [2.05, 4.69) is 11.9 Å². The number of halogens is 1. The number of ketones is 1. The molecule has 0 aromatic heterocycles. The number of allylic oxidation sites excluding steroid dienone is 1. The van der Waals surface area contributed by atoms with Gasteiger partial charge >= 0.3 is 0 Å². The Balaban J connectivity index is 0.00000144. The number of hydrogen-bond acceptors (Lipinski definition) is 4. The second-order valence-electron chi connectivity index (χ2n) is 6.65. The summed E-state index contributed by atoms with van der Waals surface area (Å²) in [6.07, 6.45) is 5.84. The van der Waals surface area contributed by atoms with E-state index in [9.17, 15) is 15.0 Å². The molecule has 2 bridgehead atoms. The van der Waals surface area contributed by atoms with E-state index in [4.69, 9.17) is 0 Å². The molecule has 1 heterocycles. The number of benzene rings is 1. The number of piperidine rings is 1. The Kier molecular flexibility index (Phi) is 3.61. The van der Waals surface area contributed by atoms with Gasteiger partial charge in [0, 0.05) is 29.4 Å². The van der Waals surface area contributed by atoms with Gasteiger partial charge < -0.3 is 15.1 Å². The molecule has 4 rings (SSSR count). The van der Waals surface area contributed by atoms with E-state index >= 15 is 0 Å². The topological polar surface area (TPSA) is 60.8 Å². The molecule has 1 aromatic carbocycles. The van der Waals surface area contributed by atoms with Crippen LogP contribution in [0.3, 0.4) is 0 Å². The van der Waals surface area contributed by atoms with Crippen LogP contribution in [0.25, 0.3) is 0 Å². The van der Waals surface area contributed by atoms with Gasteiger partial charge in [-0.25, -0.2) is 0 Å². The standard InChI is InChI=1S/C17H19NO3.BrH/c1-18-7-6-17-9-11(19)3-4-12(17)13(18)8-10-2-5-14(20)16(21)15(10)17;/h2-5,12-13,20-21H,6-9H2,1H3;1H/t12?,13-,17+;/m1./s1. The van der Waals surface area contributed by atoms with Crippen molar-refractivity contribution in [3.05, 3.63) is 35.4 Å². The molecule has 22 heavy (non-hydrogen) atoms. The summed E-state index contributed by atoms with van der Waals surface area (Å²) in [6.45, 7) is 0.914. The molecule has 2 aliphatic carbocycles. The minimum atomic E-state index is -0.348. The highest BCUT2D eigenvalue weighted by molar-refractivity contribution is 8.93. The number of phenolic OH excluding ortho intramolecular Hbond substituents is 2. The van der Waals surface area contributed by atoms with Crippen LogP contribution in [0.5, 0.6) is 11.5 Å². The van der Waals surface area contributed by atoms with Crippen molar-refractivity contribution >= 4 is 22.8 Å². The number of carbonyl (C=O) groups is 1. The maximum Gasteiger partial charge on any atom is 0.161 e. The zero-order valence-corrected chi connectivity index (χ0v) is 14.2. The maximum atomic E-state index is 12.1. The van der Waals surface area contributed by atoms with Crippen molar-refractivity contribution in [2.75, 3.05) is 13.6 Å². The fourth-order valence-corrected chi connectivity index (χ4v) is 4.69. The Hall–Kier alpha value is -1.33. The molecule has 0 radical (unpaired) electrons. The lowest BCUT2D eigenvalue weighted by atomic mass is 9.53. The minimum absolute atomic E-state index is 0. The predicted octanol–water partition coefficient (Wildman–Crippen LogP) is 2.32. The third-order valence-electron chi connectivity index (χ3n) is 5.68. The van der Waals surface area contributed by atoms with Gasteiger partial charge in [0.05, 0.1) is 0 Å². The first kappa shape index (κ1) is 15.6. The molecule has 0 amide bonds. The second kappa shape index (κ2) is 5.10. The van der Waals surface area contributed by atoms with E-state index in [0.717, 1.165) is 30.5 Å². The molecule has 0 spiro atoms. The maximum absolute atomic E-state index is 12.1. The van der Waals surface area contributed by atoms with E-state index in [0.29, 0.717) is 12.5 Å². The van der Waals surface area contributed by atoms with Crippen LogP contribution in [0.15, 0.2) is 24.3 Å². The van der Waals surface area contributed by atoms with Gasteiger partial charge in [0.2, 0.25) is 0 Å². The lowest BCUT2D eigenvalue weighted by Crippen LogP contribution is -2.59. The van der Waals surface area contributed by atoms with Crippen LogP contribution >= 0.6 is 17.0 Å². The first-order valence-electron chi connectivity index (χ1n) is 7.48. The Morgan fingerprint density at radius 3 is 2.86 bits per heavy atom. The molecule has 3 aliphatic rings. The van der Waals surface area contributed by atoms with Crippen molar-refractivity contribution < 1.29 is 15.0 Å². The number of fused-ring (bicyclic) bond motifs is 1. The van der Waals surface area contributed by atoms with Crippen molar-refractivity contribution in [2.45, 2.75) is 30.7 Å². The summed E-state index contributed by atoms with van der Waals surface area (Å²) in [6, 6.07) is 3.82. The van der Waals surface area contributed by atoms with Crippen molar-refractivity contribution in [2.24, 2.45) is 5.92 Å². The largest absolute Gasteiger partial charge is 0.504 e. The molecule has 5 heteroatoms. The minimum Gasteiger partial charge on any atom is -0.504 e. The molecule has 4 nitrogen and oxygen atoms in total. The summed E-state index contributed by atoms with van der Waals surface area (Å²) < 4.78 is 0. The van der Waals surface area contributed by atoms with Gasteiger partial charge in [0.1, 0.15) is 0 Å². The number of phenols is 2. The average molecular weight is 366 g/mol. The summed E-state index contributed by atoms with van der Waals surface area (Å²) >= 11 is 0. The van der Waals surface area contributed by atoms with Crippen LogP contribution in [0.2, 0.25) is 0 Å². The quantitative estimate of drug-likeness (QED) is 0.692. The lowest BCUT2D eigenvalue weighted by molar-refractivity contribution is -0.118. The SMILES string of the molecule is Br.CN1CC[C@]23CC(=O)C=CC2[C@H]1Cc1ccc(O)c(O)c13. The highest BCUT2D eigenvalue weighted by atomic mass is 79.9. The Bertz CT molecular complexity index is 672. The molecule has 1 aromatic rings. The van der Waals surface area contributed by atoms with E-state index in [1.54, 1.807) is 12.1 Å². The molecule has 1 fully saturated rings. The highest BCUT2D eigenvalue weighted by Crippen LogP contribution is 2.56. The number of aromatic hydroxyl groups is 2. The third-order valence-corrected chi connectivity index (χ3v) is 5.68. The molecular formula is C17H20BrNO3. The summed E-state index contributed by atoms with van der Waals surface area (Å²) in [4.78, 5) is 14.4. The number of carbonyl (C=O) groups excluding carboxylic acids is 1. The summed E-state index contributed by atoms with van der Waals surface area (Å²) in [5.74, 6) is 0.240. The Morgan fingerprint density at radius 1 is 1.32 bits per heavy atom. The first-order valence-corrected chi connectivity index (χ1v) is 7.48. The predicted molar refractivity (Wildman–Crippen MR) is 88.8 cm³/mol. The number of likely N-dealkylation sites (N-methyl/N-ethyl adjacent to an activating group) is 1. The van der Waals surface area contributed by atoms with E-state index < -0.39 is 0 Å². The lowest BCUT2D eigenvalue weighted by Gasteiger charge is -2.56. The van der Waals surface area contributed by atoms with Gasteiger partial charge in [-0.2, -0.15) is 0 Å². The third kappa shape index (κ3) is 1.88. The normalized spacial score (nSPS) is 32.9. The fourth-order valence-electron chi connectivity index (χ4n) is 4.69. The van der Waals surface area contributed by atoms with Crippen LogP contribution in [0.4, 0.5) is 0 Å². The Labute approximate surface area is 140 Å². The van der Waals surface area contributed by atoms with Gasteiger partial charge in [-0.3, -0.25) is 4.79 Å². The van der Waals surface area contributed by atoms with Crippen molar-refractivity contribution in [3.63, 3.8) is 0 Å². The van der Waals surface area contributed by atoms with Crippen LogP contribution < -0.4 is 0 Å². The fraction of sp³-hybridized carbons (Fsp3) is 0.471. The summed E-state index contributed by atoms with van der Waals surface area (Å²) in [7, 11) is 2.13. The molecule has 1 aliphatic heterocycles. The average Bonchev–Trinajstić information content (AvgIpc) is 2.46. The van der Waals surface area contributed by atoms with Gasteiger partial charge in [-0.05, 0) is 44.1 Å². The van der Waals surface area contributed by atoms with E-state index in [1.807, 2.05) is 12.1 Å². The van der Waals surface area contributed by atoms with Crippen molar-refractivity contribution in [3.8, 4) is 11.5 Å². The summed E-state index contributed by atoms with van der Waals surface area (Å²) in [5, 5.41) is 20.4. The van der Waals surface area contributed by atoms with Crippen LogP contribution in [-0.4, -0.2) is 40.5 Å². The van der Waals surface area contributed by atoms with Gasteiger partial charge in [0.25, 0.3) is 0 Å². The molecule has 3 atom stereocenters. The first-order chi connectivity index (χ1) is 10.0. The number of hydrogen-bond donors (Lipinski definition) is 2. The van der Waals surface area contributed by atoms with Crippen LogP contribution in [0.1, 0.15) is 24.0 Å².